The highest BCUT2D eigenvalue weighted by Gasteiger charge is 1.96. The van der Waals surface area contributed by atoms with E-state index in [2.05, 4.69) is 0 Å². The Kier molecular flexibility index (Phi) is 5.71. The van der Waals surface area contributed by atoms with Crippen molar-refractivity contribution in [3.8, 4) is 0 Å². The molecule has 0 heterocycles. The predicted molar refractivity (Wildman–Crippen MR) is 51.7 cm³/mol. The minimum absolute atomic E-state index is 0.183. The first kappa shape index (κ1) is 7.80. The molecule has 1 atom stereocenters. The first-order chi connectivity index (χ1) is 7.42. The van der Waals surface area contributed by atoms with Gasteiger partial charge in [-0.25, -0.2) is 0 Å². The Balaban J connectivity index is 3.65. The molecule has 0 aliphatic heterocycles. The molecule has 0 aliphatic carbocycles. The van der Waals surface area contributed by atoms with E-state index in [1.807, 2.05) is 0 Å². The van der Waals surface area contributed by atoms with E-state index >= 15 is 0 Å². The van der Waals surface area contributed by atoms with E-state index in [0.717, 1.165) is 25.7 Å². The van der Waals surface area contributed by atoms with Crippen molar-refractivity contribution in [2.45, 2.75) is 51.3 Å². The second-order valence-electron chi connectivity index (χ2n) is 2.93. The second-order valence-corrected chi connectivity index (χ2v) is 2.93. The summed E-state index contributed by atoms with van der Waals surface area (Å²) in [5.41, 5.74) is 0. The van der Waals surface area contributed by atoms with E-state index in [0.29, 0.717) is 6.42 Å². The van der Waals surface area contributed by atoms with Crippen molar-refractivity contribution in [2.24, 2.45) is 0 Å². The molecule has 0 bridgehead atoms. The number of aliphatic carboxylic acids is 1. The maximum atomic E-state index is 10.5. The van der Waals surface area contributed by atoms with Crippen LogP contribution in [-0.4, -0.2) is 22.8 Å². The first-order valence-corrected chi connectivity index (χ1v) is 4.69. The molecule has 0 rings (SSSR count). The zero-order valence-electron chi connectivity index (χ0n) is 10.8. The number of unbranched alkanes of at least 4 members (excludes halogenated alkanes) is 4. The third-order valence-electron chi connectivity index (χ3n) is 1.73. The average Bonchev–Trinajstić information content (AvgIpc) is 2.22. The lowest BCUT2D eigenvalue weighted by Crippen LogP contribution is -1.93. The summed E-state index contributed by atoms with van der Waals surface area (Å²) in [5.74, 6) is -1.56. The van der Waals surface area contributed by atoms with E-state index in [-0.39, 0.29) is 13.0 Å². The van der Waals surface area contributed by atoms with Crippen molar-refractivity contribution in [1.82, 2.24) is 0 Å². The monoisotopic (exact) mass is 191 g/mol. The number of hydrogen-bond acceptors (Lipinski definition) is 2. The van der Waals surface area contributed by atoms with Gasteiger partial charge in [-0.1, -0.05) is 32.1 Å². The highest BCUT2D eigenvalue weighted by atomic mass is 16.4. The van der Waals surface area contributed by atoms with Gasteiger partial charge in [0.1, 0.15) is 0 Å². The van der Waals surface area contributed by atoms with Crippen molar-refractivity contribution < 1.29 is 19.1 Å². The highest BCUT2D eigenvalue weighted by Crippen LogP contribution is 2.08. The Morgan fingerprint density at radius 2 is 1.62 bits per heavy atom. The van der Waals surface area contributed by atoms with Gasteiger partial charge in [-0.15, -0.1) is 0 Å². The van der Waals surface area contributed by atoms with Crippen LogP contribution in [0, 0.1) is 0 Å². The van der Waals surface area contributed by atoms with Crippen LogP contribution in [0.4, 0.5) is 0 Å². The molecule has 0 aliphatic rings. The molecule has 0 fully saturated rings. The molecule has 3 nitrogen and oxygen atoms in total. The molecular formula is C10H20O3. The predicted octanol–water partition coefficient (Wildman–Crippen LogP) is 2.18. The van der Waals surface area contributed by atoms with Crippen LogP contribution in [0.5, 0.6) is 0 Å². The summed E-state index contributed by atoms with van der Waals surface area (Å²) < 4.78 is 21.8. The lowest BCUT2D eigenvalue weighted by molar-refractivity contribution is -0.137. The van der Waals surface area contributed by atoms with Crippen molar-refractivity contribution >= 4 is 5.97 Å². The SMILES string of the molecule is [2H]C(CCCCCCCO)C([2H])([2H])C(=O)O. The molecule has 0 amide bonds. The Labute approximate surface area is 84.0 Å². The van der Waals surface area contributed by atoms with Gasteiger partial charge in [0.2, 0.25) is 0 Å². The van der Waals surface area contributed by atoms with Crippen molar-refractivity contribution in [1.29, 1.82) is 0 Å². The van der Waals surface area contributed by atoms with Crippen LogP contribution in [0.3, 0.4) is 0 Å². The number of aliphatic hydroxyl groups is 1. The zero-order valence-corrected chi connectivity index (χ0v) is 7.83. The molecular weight excluding hydrogens is 168 g/mol. The molecule has 0 saturated carbocycles. The Hall–Kier alpha value is -0.570. The molecule has 0 radical (unpaired) electrons. The molecule has 1 unspecified atom stereocenters. The van der Waals surface area contributed by atoms with Gasteiger partial charge in [-0.05, 0) is 12.8 Å². The van der Waals surface area contributed by atoms with Crippen molar-refractivity contribution in [2.75, 3.05) is 6.61 Å². The van der Waals surface area contributed by atoms with E-state index in [1.54, 1.807) is 0 Å². The fraction of sp³-hybridized carbons (Fsp3) is 0.900. The molecule has 78 valence electrons. The largest absolute Gasteiger partial charge is 0.481 e. The van der Waals surface area contributed by atoms with Gasteiger partial charge in [0, 0.05) is 17.1 Å². The summed E-state index contributed by atoms with van der Waals surface area (Å²) in [6.45, 7) is 0.183. The van der Waals surface area contributed by atoms with Crippen LogP contribution in [0.25, 0.3) is 0 Å². The third kappa shape index (κ3) is 11.4. The Bertz CT molecular complexity index is 209. The maximum Gasteiger partial charge on any atom is 0.303 e. The Morgan fingerprint density at radius 3 is 2.15 bits per heavy atom. The van der Waals surface area contributed by atoms with Crippen LogP contribution < -0.4 is 0 Å². The van der Waals surface area contributed by atoms with Gasteiger partial charge in [0.05, 0.1) is 0 Å². The Morgan fingerprint density at radius 1 is 1.08 bits per heavy atom. The number of carboxylic acid groups (broad SMARTS) is 1. The zero-order chi connectivity index (χ0) is 12.6. The number of carbonyl (C=O) groups is 1. The van der Waals surface area contributed by atoms with Gasteiger partial charge in [-0.2, -0.15) is 0 Å². The van der Waals surface area contributed by atoms with E-state index < -0.39 is 18.7 Å². The van der Waals surface area contributed by atoms with Crippen LogP contribution in [0.1, 0.15) is 55.4 Å². The number of carboxylic acids is 1. The summed E-state index contributed by atoms with van der Waals surface area (Å²) in [5, 5.41) is 17.1. The van der Waals surface area contributed by atoms with E-state index in [1.165, 1.54) is 0 Å². The summed E-state index contributed by atoms with van der Waals surface area (Å²) in [6, 6.07) is 0. The summed E-state index contributed by atoms with van der Waals surface area (Å²) in [7, 11) is 0. The molecule has 0 aromatic heterocycles. The van der Waals surface area contributed by atoms with Gasteiger partial charge >= 0.3 is 5.97 Å². The molecule has 3 heteroatoms. The molecule has 13 heavy (non-hydrogen) atoms. The van der Waals surface area contributed by atoms with Crippen LogP contribution in [-0.2, 0) is 4.79 Å². The molecule has 0 aromatic rings. The van der Waals surface area contributed by atoms with Crippen LogP contribution >= 0.6 is 0 Å². The van der Waals surface area contributed by atoms with Gasteiger partial charge in [-0.3, -0.25) is 4.79 Å². The van der Waals surface area contributed by atoms with Crippen molar-refractivity contribution in [3.63, 3.8) is 0 Å². The normalized spacial score (nSPS) is 17.2. The fourth-order valence-corrected chi connectivity index (χ4v) is 1.05. The van der Waals surface area contributed by atoms with Crippen molar-refractivity contribution in [3.05, 3.63) is 0 Å². The number of aliphatic hydroxyl groups excluding tert-OH is 1. The summed E-state index contributed by atoms with van der Waals surface area (Å²) in [4.78, 5) is 10.5. The molecule has 0 saturated heterocycles. The lowest BCUT2D eigenvalue weighted by Gasteiger charge is -1.99. The van der Waals surface area contributed by atoms with Crippen LogP contribution in [0.15, 0.2) is 0 Å². The van der Waals surface area contributed by atoms with Gasteiger partial charge in [0.15, 0.2) is 0 Å². The van der Waals surface area contributed by atoms with E-state index in [9.17, 15) is 4.79 Å². The summed E-state index contributed by atoms with van der Waals surface area (Å²) in [6.07, 6.45) is 0.734. The van der Waals surface area contributed by atoms with Gasteiger partial charge in [0.25, 0.3) is 0 Å². The molecule has 2 N–H and O–H groups in total. The van der Waals surface area contributed by atoms with Gasteiger partial charge < -0.3 is 10.2 Å². The quantitative estimate of drug-likeness (QED) is 0.549. The van der Waals surface area contributed by atoms with Crippen LogP contribution in [0.2, 0.25) is 0 Å². The number of hydrogen-bond donors (Lipinski definition) is 2. The number of rotatable bonds is 9. The van der Waals surface area contributed by atoms with E-state index in [4.69, 9.17) is 14.3 Å². The molecule has 0 spiro atoms. The summed E-state index contributed by atoms with van der Waals surface area (Å²) >= 11 is 0. The standard InChI is InChI=1S/C10H20O3/c11-9-7-5-3-1-2-4-6-8-10(12)13/h11H,1-9H2,(H,12,13)/i6D,8D2. The minimum atomic E-state index is -2.45. The second kappa shape index (κ2) is 9.52. The maximum absolute atomic E-state index is 10.5. The highest BCUT2D eigenvalue weighted by molar-refractivity contribution is 5.66. The lowest BCUT2D eigenvalue weighted by atomic mass is 10.1. The topological polar surface area (TPSA) is 57.5 Å². The molecule has 0 aromatic carbocycles. The average molecular weight is 191 g/mol. The minimum Gasteiger partial charge on any atom is -0.481 e. The third-order valence-corrected chi connectivity index (χ3v) is 1.73. The fourth-order valence-electron chi connectivity index (χ4n) is 1.05. The first-order valence-electron chi connectivity index (χ1n) is 6.27. The smallest absolute Gasteiger partial charge is 0.303 e.